The monoisotopic (exact) mass is 424 g/mol. The van der Waals surface area contributed by atoms with Crippen molar-refractivity contribution in [2.75, 3.05) is 31.5 Å². The molecule has 1 fully saturated rings. The Morgan fingerprint density at radius 3 is 2.47 bits per heavy atom. The van der Waals surface area contributed by atoms with E-state index in [0.29, 0.717) is 43.2 Å². The van der Waals surface area contributed by atoms with Crippen LogP contribution >= 0.6 is 0 Å². The third-order valence-corrected chi connectivity index (χ3v) is 7.14. The van der Waals surface area contributed by atoms with Crippen LogP contribution in [0, 0.1) is 0 Å². The van der Waals surface area contributed by atoms with Gasteiger partial charge in [0, 0.05) is 54.9 Å². The van der Waals surface area contributed by atoms with Gasteiger partial charge in [-0.25, -0.2) is 8.42 Å². The Bertz CT molecular complexity index is 1380. The number of H-pyrrole nitrogens is 1. The van der Waals surface area contributed by atoms with Crippen LogP contribution in [0.5, 0.6) is 0 Å². The van der Waals surface area contributed by atoms with Crippen LogP contribution in [-0.2, 0) is 10.0 Å². The van der Waals surface area contributed by atoms with Crippen LogP contribution < -0.4 is 16.1 Å². The van der Waals surface area contributed by atoms with E-state index in [9.17, 15) is 13.2 Å². The Balaban J connectivity index is 1.41. The minimum absolute atomic E-state index is 0.0975. The Labute approximate surface area is 172 Å². The summed E-state index contributed by atoms with van der Waals surface area (Å²) in [5.41, 5.74) is 1.85. The minimum Gasteiger partial charge on any atom is -0.454 e. The van der Waals surface area contributed by atoms with Gasteiger partial charge in [0.05, 0.1) is 4.90 Å². The molecule has 154 valence electrons. The number of anilines is 2. The molecule has 3 heterocycles. The molecule has 9 heteroatoms. The summed E-state index contributed by atoms with van der Waals surface area (Å²) in [5, 5.41) is 8.14. The number of piperazine rings is 1. The Morgan fingerprint density at radius 1 is 0.933 bits per heavy atom. The summed E-state index contributed by atoms with van der Waals surface area (Å²) >= 11 is 0. The normalized spacial score (nSPS) is 15.6. The van der Waals surface area contributed by atoms with E-state index in [0.717, 1.165) is 16.5 Å². The second-order valence-corrected chi connectivity index (χ2v) is 9.13. The molecule has 30 heavy (non-hydrogen) atoms. The number of fused-ring (bicyclic) bond motifs is 3. The highest BCUT2D eigenvalue weighted by molar-refractivity contribution is 7.89. The van der Waals surface area contributed by atoms with Gasteiger partial charge in [-0.1, -0.05) is 0 Å². The Hall–Kier alpha value is -3.14. The maximum atomic E-state index is 12.8. The van der Waals surface area contributed by atoms with E-state index in [4.69, 9.17) is 4.42 Å². The van der Waals surface area contributed by atoms with Crippen molar-refractivity contribution in [2.45, 2.75) is 4.90 Å². The van der Waals surface area contributed by atoms with Gasteiger partial charge in [0.1, 0.15) is 11.4 Å². The third-order valence-electron chi connectivity index (χ3n) is 5.22. The molecule has 0 atom stereocenters. The first-order chi connectivity index (χ1) is 14.5. The van der Waals surface area contributed by atoms with Gasteiger partial charge in [-0.05, 0) is 42.5 Å². The number of hydrogen-bond donors (Lipinski definition) is 3. The summed E-state index contributed by atoms with van der Waals surface area (Å²) in [6.45, 7) is 2.28. The van der Waals surface area contributed by atoms with Gasteiger partial charge < -0.3 is 20.0 Å². The number of sulfonamides is 1. The van der Waals surface area contributed by atoms with E-state index in [1.54, 1.807) is 36.5 Å². The van der Waals surface area contributed by atoms with Crippen molar-refractivity contribution in [3.8, 4) is 0 Å². The van der Waals surface area contributed by atoms with Crippen LogP contribution in [-0.4, -0.2) is 43.9 Å². The molecule has 0 spiro atoms. The van der Waals surface area contributed by atoms with Crippen LogP contribution in [0.1, 0.15) is 0 Å². The van der Waals surface area contributed by atoms with E-state index in [1.807, 2.05) is 6.07 Å². The largest absolute Gasteiger partial charge is 0.454 e. The average molecular weight is 424 g/mol. The molecule has 0 aliphatic carbocycles. The molecule has 1 saturated heterocycles. The van der Waals surface area contributed by atoms with Crippen molar-refractivity contribution in [1.82, 2.24) is 14.6 Å². The lowest BCUT2D eigenvalue weighted by molar-refractivity contribution is 0.360. The molecule has 2 aromatic heterocycles. The zero-order valence-electron chi connectivity index (χ0n) is 16.0. The number of pyridine rings is 1. The van der Waals surface area contributed by atoms with Crippen molar-refractivity contribution in [1.29, 1.82) is 0 Å². The molecule has 4 aromatic rings. The van der Waals surface area contributed by atoms with E-state index >= 15 is 0 Å². The summed E-state index contributed by atoms with van der Waals surface area (Å²) in [6, 6.07) is 13.3. The van der Waals surface area contributed by atoms with Gasteiger partial charge in [0.15, 0.2) is 11.0 Å². The van der Waals surface area contributed by atoms with Crippen molar-refractivity contribution < 1.29 is 12.8 Å². The van der Waals surface area contributed by atoms with Crippen LogP contribution in [0.25, 0.3) is 21.9 Å². The molecule has 1 aliphatic heterocycles. The molecule has 0 amide bonds. The fourth-order valence-corrected chi connectivity index (χ4v) is 5.11. The van der Waals surface area contributed by atoms with Gasteiger partial charge in [0.25, 0.3) is 0 Å². The molecular weight excluding hydrogens is 404 g/mol. The first-order valence-electron chi connectivity index (χ1n) is 9.64. The highest BCUT2D eigenvalue weighted by atomic mass is 32.2. The van der Waals surface area contributed by atoms with E-state index in [2.05, 4.69) is 15.6 Å². The van der Waals surface area contributed by atoms with Crippen LogP contribution in [0.15, 0.2) is 68.8 Å². The molecule has 0 radical (unpaired) electrons. The van der Waals surface area contributed by atoms with Crippen molar-refractivity contribution >= 4 is 43.5 Å². The van der Waals surface area contributed by atoms with Gasteiger partial charge in [0.2, 0.25) is 10.0 Å². The first kappa shape index (κ1) is 18.9. The maximum Gasteiger partial charge on any atom is 0.243 e. The molecule has 0 saturated carbocycles. The second-order valence-electron chi connectivity index (χ2n) is 7.19. The van der Waals surface area contributed by atoms with Gasteiger partial charge >= 0.3 is 0 Å². The van der Waals surface area contributed by atoms with Gasteiger partial charge in [-0.3, -0.25) is 4.79 Å². The number of benzene rings is 2. The zero-order valence-corrected chi connectivity index (χ0v) is 16.8. The fraction of sp³-hybridized carbons (Fsp3) is 0.190. The van der Waals surface area contributed by atoms with Crippen LogP contribution in [0.3, 0.4) is 0 Å². The second kappa shape index (κ2) is 7.28. The molecule has 1 aliphatic rings. The lowest BCUT2D eigenvalue weighted by atomic mass is 10.2. The third kappa shape index (κ3) is 3.36. The van der Waals surface area contributed by atoms with E-state index in [1.165, 1.54) is 16.4 Å². The molecule has 2 aromatic carbocycles. The highest BCUT2D eigenvalue weighted by Crippen LogP contribution is 2.29. The molecule has 0 unspecified atom stereocenters. The minimum atomic E-state index is -3.48. The number of nitrogens with one attached hydrogen (secondary N) is 3. The fourth-order valence-electron chi connectivity index (χ4n) is 3.67. The predicted octanol–water partition coefficient (Wildman–Crippen LogP) is 2.61. The molecule has 0 bridgehead atoms. The molecule has 5 rings (SSSR count). The van der Waals surface area contributed by atoms with Gasteiger partial charge in [-0.2, -0.15) is 4.31 Å². The van der Waals surface area contributed by atoms with Crippen molar-refractivity contribution in [2.24, 2.45) is 0 Å². The number of rotatable bonds is 4. The van der Waals surface area contributed by atoms with Crippen LogP contribution in [0.4, 0.5) is 11.5 Å². The average Bonchev–Trinajstić information content (AvgIpc) is 3.11. The Kier molecular flexibility index (Phi) is 4.58. The summed E-state index contributed by atoms with van der Waals surface area (Å²) in [6.07, 6.45) is 1.73. The Morgan fingerprint density at radius 2 is 1.70 bits per heavy atom. The molecule has 3 N–H and O–H groups in total. The number of furan rings is 1. The number of hydrogen-bond acceptors (Lipinski definition) is 6. The SMILES string of the molecule is O=c1ccc2c(c1)oc1c[nH]c(Nc3ccc(S(=O)(=O)N4CCNCC4)cc3)cc12. The smallest absolute Gasteiger partial charge is 0.243 e. The predicted molar refractivity (Wildman–Crippen MR) is 116 cm³/mol. The lowest BCUT2D eigenvalue weighted by Crippen LogP contribution is -2.46. The van der Waals surface area contributed by atoms with Crippen LogP contribution in [0.2, 0.25) is 0 Å². The summed E-state index contributed by atoms with van der Waals surface area (Å²) in [4.78, 5) is 14.9. The quantitative estimate of drug-likeness (QED) is 0.465. The number of nitrogens with zero attached hydrogens (tertiary/aromatic N) is 1. The zero-order chi connectivity index (χ0) is 20.7. The molecular formula is C21H20N4O4S. The number of aromatic amines is 1. The maximum absolute atomic E-state index is 12.8. The van der Waals surface area contributed by atoms with Crippen molar-refractivity contribution in [3.05, 3.63) is 65.0 Å². The highest BCUT2D eigenvalue weighted by Gasteiger charge is 2.25. The summed E-state index contributed by atoms with van der Waals surface area (Å²) in [5.74, 6) is 0.717. The first-order valence-corrected chi connectivity index (χ1v) is 11.1. The van der Waals surface area contributed by atoms with Crippen molar-refractivity contribution in [3.63, 3.8) is 0 Å². The molecule has 8 nitrogen and oxygen atoms in total. The topological polar surface area (TPSA) is 107 Å². The lowest BCUT2D eigenvalue weighted by Gasteiger charge is -2.26. The van der Waals surface area contributed by atoms with E-state index in [-0.39, 0.29) is 10.3 Å². The summed E-state index contributed by atoms with van der Waals surface area (Å²) < 4.78 is 32.7. The number of aromatic nitrogens is 1. The van der Waals surface area contributed by atoms with Gasteiger partial charge in [-0.15, -0.1) is 0 Å². The standard InChI is InChI=1S/C21H20N4O4S/c26-15-3-6-17-18-12-21(23-13-20(18)29-19(17)11-15)24-14-1-4-16(5-2-14)30(27,28)25-9-7-22-8-10-25/h1-6,11-13,22-24H,7-10H2. The summed E-state index contributed by atoms with van der Waals surface area (Å²) in [7, 11) is -3.48. The van der Waals surface area contributed by atoms with E-state index < -0.39 is 10.0 Å².